The summed E-state index contributed by atoms with van der Waals surface area (Å²) in [6.07, 6.45) is 1.79. The Balaban J connectivity index is 1.49. The topological polar surface area (TPSA) is 113 Å². The number of ether oxygens (including phenoxy) is 2. The van der Waals surface area contributed by atoms with E-state index in [1.165, 1.54) is 34.8 Å². The van der Waals surface area contributed by atoms with Gasteiger partial charge in [-0.05, 0) is 99.5 Å². The van der Waals surface area contributed by atoms with Gasteiger partial charge in [0.1, 0.15) is 18.4 Å². The van der Waals surface area contributed by atoms with E-state index in [1.807, 2.05) is 60.0 Å². The zero-order valence-corrected chi connectivity index (χ0v) is 30.0. The Morgan fingerprint density at radius 1 is 1.09 bits per heavy atom. The van der Waals surface area contributed by atoms with Crippen molar-refractivity contribution < 1.29 is 19.2 Å². The van der Waals surface area contributed by atoms with Crippen LogP contribution in [0.4, 0.5) is 5.69 Å². The van der Waals surface area contributed by atoms with Crippen LogP contribution in [0.25, 0.3) is 11.8 Å². The first-order chi connectivity index (χ1) is 22.2. The molecule has 0 spiro atoms. The molecule has 2 aromatic heterocycles. The van der Waals surface area contributed by atoms with Gasteiger partial charge in [0, 0.05) is 31.7 Å². The maximum Gasteiger partial charge on any atom is 0.338 e. The number of aromatic nitrogens is 1. The van der Waals surface area contributed by atoms with Crippen molar-refractivity contribution in [2.45, 2.75) is 19.6 Å². The summed E-state index contributed by atoms with van der Waals surface area (Å²) in [7, 11) is 0. The van der Waals surface area contributed by atoms with Crippen molar-refractivity contribution >= 4 is 91.3 Å². The average Bonchev–Trinajstić information content (AvgIpc) is 3.69. The predicted octanol–water partition coefficient (Wildman–Crippen LogP) is 6.69. The highest BCUT2D eigenvalue weighted by Gasteiger charge is 2.35. The van der Waals surface area contributed by atoms with Crippen LogP contribution in [0.1, 0.15) is 34.5 Å². The molecule has 13 heteroatoms. The average molecular weight is 876 g/mol. The molecule has 3 aromatic carbocycles. The number of hydrogen-bond donors (Lipinski definition) is 0. The smallest absolute Gasteiger partial charge is 0.338 e. The molecule has 0 N–H and O–H groups in total. The number of halogens is 2. The molecule has 0 fully saturated rings. The molecule has 0 aliphatic carbocycles. The molecule has 1 atom stereocenters. The van der Waals surface area contributed by atoms with Gasteiger partial charge in [-0.2, -0.15) is 0 Å². The van der Waals surface area contributed by atoms with Gasteiger partial charge in [0.2, 0.25) is 0 Å². The van der Waals surface area contributed by atoms with Crippen molar-refractivity contribution in [3.8, 4) is 5.75 Å². The van der Waals surface area contributed by atoms with Crippen molar-refractivity contribution in [1.29, 1.82) is 0 Å². The molecule has 1 aliphatic heterocycles. The van der Waals surface area contributed by atoms with Crippen molar-refractivity contribution in [1.82, 2.24) is 4.57 Å². The fourth-order valence-electron chi connectivity index (χ4n) is 5.01. The maximum absolute atomic E-state index is 14.3. The molecule has 0 bridgehead atoms. The Kier molecular flexibility index (Phi) is 9.81. The fourth-order valence-corrected chi connectivity index (χ4v) is 8.87. The Morgan fingerprint density at radius 2 is 1.85 bits per heavy atom. The third-order valence-electron chi connectivity index (χ3n) is 7.04. The summed E-state index contributed by atoms with van der Waals surface area (Å²) >= 11 is 7.12. The summed E-state index contributed by atoms with van der Waals surface area (Å²) in [4.78, 5) is 44.6. The summed E-state index contributed by atoms with van der Waals surface area (Å²) in [5, 5.41) is 13.0. The number of benzene rings is 3. The van der Waals surface area contributed by atoms with Crippen LogP contribution >= 0.6 is 67.9 Å². The van der Waals surface area contributed by atoms with E-state index in [9.17, 15) is 19.7 Å². The lowest BCUT2D eigenvalue weighted by molar-refractivity contribution is -0.384. The van der Waals surface area contributed by atoms with E-state index in [4.69, 9.17) is 14.5 Å². The van der Waals surface area contributed by atoms with Gasteiger partial charge in [-0.3, -0.25) is 19.5 Å². The predicted molar refractivity (Wildman–Crippen MR) is 195 cm³/mol. The number of thiazole rings is 1. The molecule has 46 heavy (non-hydrogen) atoms. The van der Waals surface area contributed by atoms with E-state index in [0.717, 1.165) is 23.1 Å². The lowest BCUT2D eigenvalue weighted by atomic mass is 9.97. The number of thiophene rings is 1. The van der Waals surface area contributed by atoms with E-state index in [2.05, 4.69) is 45.2 Å². The van der Waals surface area contributed by atoms with Gasteiger partial charge in [-0.25, -0.2) is 9.79 Å². The molecule has 0 saturated heterocycles. The number of rotatable bonds is 9. The lowest BCUT2D eigenvalue weighted by Gasteiger charge is -2.24. The van der Waals surface area contributed by atoms with Gasteiger partial charge < -0.3 is 9.47 Å². The SMILES string of the molecule is CCOC(=O)C1=C(c2ccccc2)N=c2s/c(=C\c3cc(I)cc(I)c3OCc3ccc([N+](=O)[O-])cc3)c(=O)n2[C@@H]1c1cccs1. The van der Waals surface area contributed by atoms with Gasteiger partial charge in [-0.1, -0.05) is 47.7 Å². The summed E-state index contributed by atoms with van der Waals surface area (Å²) < 4.78 is 15.6. The molecule has 0 saturated carbocycles. The first kappa shape index (κ1) is 32.3. The molecule has 0 radical (unpaired) electrons. The largest absolute Gasteiger partial charge is 0.487 e. The number of fused-ring (bicyclic) bond motifs is 1. The normalized spacial score (nSPS) is 14.5. The van der Waals surface area contributed by atoms with Crippen LogP contribution in [0.15, 0.2) is 99.6 Å². The first-order valence-corrected chi connectivity index (χ1v) is 17.8. The second kappa shape index (κ2) is 14.0. The third-order valence-corrected chi connectivity index (χ3v) is 10.4. The Bertz CT molecular complexity index is 2160. The van der Waals surface area contributed by atoms with Gasteiger partial charge in [0.05, 0.1) is 30.9 Å². The van der Waals surface area contributed by atoms with E-state index in [0.29, 0.717) is 31.9 Å². The van der Waals surface area contributed by atoms with Gasteiger partial charge in [0.25, 0.3) is 11.2 Å². The highest BCUT2D eigenvalue weighted by molar-refractivity contribution is 14.1. The number of carbonyl (C=O) groups is 1. The number of esters is 1. The summed E-state index contributed by atoms with van der Waals surface area (Å²) in [5.41, 5.74) is 2.72. The maximum atomic E-state index is 14.3. The molecule has 3 heterocycles. The molecule has 0 amide bonds. The zero-order valence-electron chi connectivity index (χ0n) is 24.0. The van der Waals surface area contributed by atoms with Crippen molar-refractivity contribution in [3.63, 3.8) is 0 Å². The standard InChI is InChI=1S/C33H23I2N3O6S2/c1-2-43-32(40)27-28(20-7-4-3-5-8-20)36-33-37(29(27)25-9-6-14-45-25)31(39)26(46-33)16-21-15-22(34)17-24(35)30(21)44-18-19-10-12-23(13-11-19)38(41)42/h3-17,29H,2,18H2,1H3/b26-16-/t29-/m1/s1. The zero-order chi connectivity index (χ0) is 32.4. The Labute approximate surface area is 298 Å². The van der Waals surface area contributed by atoms with E-state index >= 15 is 0 Å². The third kappa shape index (κ3) is 6.59. The van der Waals surface area contributed by atoms with Gasteiger partial charge >= 0.3 is 5.97 Å². The number of nitro groups is 1. The minimum atomic E-state index is -0.721. The lowest BCUT2D eigenvalue weighted by Crippen LogP contribution is -2.39. The van der Waals surface area contributed by atoms with E-state index in [-0.39, 0.29) is 24.5 Å². The van der Waals surface area contributed by atoms with Crippen LogP contribution in [0.5, 0.6) is 5.75 Å². The molecule has 6 rings (SSSR count). The van der Waals surface area contributed by atoms with Crippen molar-refractivity contribution in [2.75, 3.05) is 6.61 Å². The van der Waals surface area contributed by atoms with Crippen molar-refractivity contribution in [3.05, 3.63) is 148 Å². The Hall–Kier alpha value is -3.67. The minimum absolute atomic E-state index is 0.00560. The number of non-ortho nitro benzene ring substituents is 1. The quantitative estimate of drug-likeness (QED) is 0.0707. The number of nitro benzene ring substituents is 1. The van der Waals surface area contributed by atoms with Gasteiger partial charge in [0.15, 0.2) is 4.80 Å². The van der Waals surface area contributed by atoms with Crippen LogP contribution in [-0.4, -0.2) is 22.1 Å². The molecular formula is C33H23I2N3O6S2. The minimum Gasteiger partial charge on any atom is -0.487 e. The number of hydrogen-bond acceptors (Lipinski definition) is 9. The van der Waals surface area contributed by atoms with E-state index < -0.39 is 16.9 Å². The first-order valence-electron chi connectivity index (χ1n) is 13.9. The summed E-state index contributed by atoms with van der Waals surface area (Å²) in [5.74, 6) is 0.0593. The van der Waals surface area contributed by atoms with Crippen LogP contribution < -0.4 is 19.6 Å². The van der Waals surface area contributed by atoms with Crippen LogP contribution in [0.3, 0.4) is 0 Å². The summed E-state index contributed by atoms with van der Waals surface area (Å²) in [6.45, 7) is 2.11. The second-order valence-corrected chi connectivity index (χ2v) is 14.4. The van der Waals surface area contributed by atoms with Crippen LogP contribution in [0.2, 0.25) is 0 Å². The highest BCUT2D eigenvalue weighted by Crippen LogP contribution is 2.37. The molecule has 9 nitrogen and oxygen atoms in total. The second-order valence-electron chi connectivity index (χ2n) is 9.97. The molecule has 1 aliphatic rings. The number of carbonyl (C=O) groups excluding carboxylic acids is 1. The van der Waals surface area contributed by atoms with Crippen LogP contribution in [0, 0.1) is 17.3 Å². The Morgan fingerprint density at radius 3 is 2.52 bits per heavy atom. The molecule has 0 unspecified atom stereocenters. The molecule has 5 aromatic rings. The van der Waals surface area contributed by atoms with Crippen molar-refractivity contribution in [2.24, 2.45) is 4.99 Å². The fraction of sp³-hybridized carbons (Fsp3) is 0.121. The monoisotopic (exact) mass is 875 g/mol. The van der Waals surface area contributed by atoms with Gasteiger partial charge in [-0.15, -0.1) is 11.3 Å². The van der Waals surface area contributed by atoms with Crippen LogP contribution in [-0.2, 0) is 16.1 Å². The van der Waals surface area contributed by atoms with E-state index in [1.54, 1.807) is 29.7 Å². The molecule has 232 valence electrons. The molecular weight excluding hydrogens is 852 g/mol. The summed E-state index contributed by atoms with van der Waals surface area (Å²) in [6, 6.07) is 22.6. The highest BCUT2D eigenvalue weighted by atomic mass is 127. The number of nitrogens with zero attached hydrogens (tertiary/aromatic N) is 3.